The highest BCUT2D eigenvalue weighted by Crippen LogP contribution is 2.19. The van der Waals surface area contributed by atoms with Crippen molar-refractivity contribution in [3.63, 3.8) is 0 Å². The van der Waals surface area contributed by atoms with E-state index in [0.29, 0.717) is 25.7 Å². The van der Waals surface area contributed by atoms with Gasteiger partial charge in [-0.1, -0.05) is 19.9 Å². The lowest BCUT2D eigenvalue weighted by atomic mass is 10.2. The van der Waals surface area contributed by atoms with Gasteiger partial charge in [0.25, 0.3) is 10.0 Å². The first-order chi connectivity index (χ1) is 9.00. The molecule has 0 aliphatic carbocycles. The van der Waals surface area contributed by atoms with Crippen LogP contribution in [0.15, 0.2) is 23.4 Å². The molecule has 0 bridgehead atoms. The zero-order chi connectivity index (χ0) is 13.9. The Morgan fingerprint density at radius 2 is 2.00 bits per heavy atom. The molecule has 106 valence electrons. The molecule has 1 saturated heterocycles. The van der Waals surface area contributed by atoms with Crippen molar-refractivity contribution in [2.75, 3.05) is 13.1 Å². The van der Waals surface area contributed by atoms with Crippen molar-refractivity contribution < 1.29 is 8.42 Å². The first-order valence-electron chi connectivity index (χ1n) is 6.68. The molecule has 0 amide bonds. The van der Waals surface area contributed by atoms with Gasteiger partial charge in [0.2, 0.25) is 0 Å². The molecule has 1 aromatic heterocycles. The Kier molecular flexibility index (Phi) is 4.54. The van der Waals surface area contributed by atoms with Crippen LogP contribution in [0.3, 0.4) is 0 Å². The van der Waals surface area contributed by atoms with E-state index in [9.17, 15) is 8.42 Å². The van der Waals surface area contributed by atoms with Crippen LogP contribution >= 0.6 is 0 Å². The molecule has 0 unspecified atom stereocenters. The summed E-state index contributed by atoms with van der Waals surface area (Å²) in [7, 11) is -3.38. The molecule has 6 heteroatoms. The van der Waals surface area contributed by atoms with Crippen LogP contribution in [0.5, 0.6) is 0 Å². The van der Waals surface area contributed by atoms with E-state index in [2.05, 4.69) is 24.1 Å². The van der Waals surface area contributed by atoms with Crippen LogP contribution in [0, 0.1) is 0 Å². The first kappa shape index (κ1) is 14.4. The number of hydrogen-bond acceptors (Lipinski definition) is 4. The summed E-state index contributed by atoms with van der Waals surface area (Å²) in [5.74, 6) is 0. The van der Waals surface area contributed by atoms with Crippen LogP contribution in [0.2, 0.25) is 0 Å². The standard InChI is InChI=1S/C13H21N3O2S/c1-11(2)14-9-12-5-6-13(15-10-12)19(17,18)16-7-3-4-8-16/h5-6,10-11,14H,3-4,7-9H2,1-2H3. The van der Waals surface area contributed by atoms with Crippen LogP contribution in [0.4, 0.5) is 0 Å². The van der Waals surface area contributed by atoms with E-state index in [4.69, 9.17) is 0 Å². The predicted octanol–water partition coefficient (Wildman–Crippen LogP) is 1.36. The topological polar surface area (TPSA) is 62.3 Å². The third-order valence-corrected chi connectivity index (χ3v) is 5.00. The van der Waals surface area contributed by atoms with Gasteiger partial charge in [0, 0.05) is 31.9 Å². The largest absolute Gasteiger partial charge is 0.310 e. The molecular weight excluding hydrogens is 262 g/mol. The van der Waals surface area contributed by atoms with Crippen LogP contribution in [-0.4, -0.2) is 36.8 Å². The lowest BCUT2D eigenvalue weighted by Gasteiger charge is -2.15. The van der Waals surface area contributed by atoms with Gasteiger partial charge in [-0.05, 0) is 24.5 Å². The molecular formula is C13H21N3O2S. The van der Waals surface area contributed by atoms with Gasteiger partial charge in [-0.25, -0.2) is 13.4 Å². The molecule has 2 heterocycles. The summed E-state index contributed by atoms with van der Waals surface area (Å²) < 4.78 is 26.0. The molecule has 0 saturated carbocycles. The molecule has 1 aliphatic rings. The second-order valence-electron chi connectivity index (χ2n) is 5.15. The molecule has 0 radical (unpaired) electrons. The van der Waals surface area contributed by atoms with E-state index in [1.165, 1.54) is 4.31 Å². The normalized spacial score (nSPS) is 17.2. The van der Waals surface area contributed by atoms with Gasteiger partial charge in [0.1, 0.15) is 0 Å². The highest BCUT2D eigenvalue weighted by Gasteiger charge is 2.27. The molecule has 1 aromatic rings. The molecule has 1 aliphatic heterocycles. The zero-order valence-electron chi connectivity index (χ0n) is 11.5. The van der Waals surface area contributed by atoms with Crippen molar-refractivity contribution in [1.82, 2.24) is 14.6 Å². The monoisotopic (exact) mass is 283 g/mol. The maximum atomic E-state index is 12.3. The summed E-state index contributed by atoms with van der Waals surface area (Å²) in [5.41, 5.74) is 0.995. The fraction of sp³-hybridized carbons (Fsp3) is 0.615. The van der Waals surface area contributed by atoms with Crippen LogP contribution in [0.1, 0.15) is 32.3 Å². The van der Waals surface area contributed by atoms with E-state index in [1.54, 1.807) is 12.3 Å². The van der Waals surface area contributed by atoms with Crippen molar-refractivity contribution in [2.24, 2.45) is 0 Å². The van der Waals surface area contributed by atoms with E-state index >= 15 is 0 Å². The molecule has 5 nitrogen and oxygen atoms in total. The lowest BCUT2D eigenvalue weighted by Crippen LogP contribution is -2.28. The molecule has 0 aromatic carbocycles. The van der Waals surface area contributed by atoms with Gasteiger partial charge in [-0.3, -0.25) is 0 Å². The predicted molar refractivity (Wildman–Crippen MR) is 74.2 cm³/mol. The minimum absolute atomic E-state index is 0.155. The van der Waals surface area contributed by atoms with Gasteiger partial charge < -0.3 is 5.32 Å². The van der Waals surface area contributed by atoms with Crippen LogP contribution in [0.25, 0.3) is 0 Å². The Hall–Kier alpha value is -0.980. The molecule has 1 N–H and O–H groups in total. The number of rotatable bonds is 5. The van der Waals surface area contributed by atoms with Crippen molar-refractivity contribution in [2.45, 2.75) is 44.3 Å². The van der Waals surface area contributed by atoms with E-state index < -0.39 is 10.0 Å². The van der Waals surface area contributed by atoms with Crippen LogP contribution < -0.4 is 5.32 Å². The Labute approximate surface area is 115 Å². The number of nitrogens with zero attached hydrogens (tertiary/aromatic N) is 2. The number of nitrogens with one attached hydrogen (secondary N) is 1. The Morgan fingerprint density at radius 3 is 2.53 bits per heavy atom. The van der Waals surface area contributed by atoms with E-state index in [0.717, 1.165) is 18.4 Å². The number of pyridine rings is 1. The summed E-state index contributed by atoms with van der Waals surface area (Å²) >= 11 is 0. The van der Waals surface area contributed by atoms with Gasteiger partial charge in [-0.15, -0.1) is 0 Å². The molecule has 2 rings (SSSR count). The molecule has 1 fully saturated rings. The van der Waals surface area contributed by atoms with Crippen molar-refractivity contribution in [1.29, 1.82) is 0 Å². The van der Waals surface area contributed by atoms with Crippen LogP contribution in [-0.2, 0) is 16.6 Å². The average Bonchev–Trinajstić information content (AvgIpc) is 2.91. The van der Waals surface area contributed by atoms with Gasteiger partial charge in [0.15, 0.2) is 5.03 Å². The highest BCUT2D eigenvalue weighted by molar-refractivity contribution is 7.89. The Bertz CT molecular complexity index is 505. The number of hydrogen-bond donors (Lipinski definition) is 1. The second-order valence-corrected chi connectivity index (χ2v) is 7.04. The SMILES string of the molecule is CC(C)NCc1ccc(S(=O)(=O)N2CCCC2)nc1. The van der Waals surface area contributed by atoms with Crippen molar-refractivity contribution in [3.8, 4) is 0 Å². The Balaban J connectivity index is 2.09. The summed E-state index contributed by atoms with van der Waals surface area (Å²) in [6, 6.07) is 3.82. The van der Waals surface area contributed by atoms with Gasteiger partial charge >= 0.3 is 0 Å². The van der Waals surface area contributed by atoms with Crippen molar-refractivity contribution in [3.05, 3.63) is 23.9 Å². The summed E-state index contributed by atoms with van der Waals surface area (Å²) in [5, 5.41) is 3.43. The third kappa shape index (κ3) is 3.52. The average molecular weight is 283 g/mol. The second kappa shape index (κ2) is 5.98. The quantitative estimate of drug-likeness (QED) is 0.886. The fourth-order valence-electron chi connectivity index (χ4n) is 2.05. The number of aromatic nitrogens is 1. The molecule has 0 atom stereocenters. The molecule has 19 heavy (non-hydrogen) atoms. The minimum atomic E-state index is -3.38. The van der Waals surface area contributed by atoms with Gasteiger partial charge in [-0.2, -0.15) is 4.31 Å². The smallest absolute Gasteiger partial charge is 0.260 e. The fourth-order valence-corrected chi connectivity index (χ4v) is 3.48. The maximum absolute atomic E-state index is 12.3. The van der Waals surface area contributed by atoms with Gasteiger partial charge in [0.05, 0.1) is 0 Å². The summed E-state index contributed by atoms with van der Waals surface area (Å²) in [4.78, 5) is 4.10. The lowest BCUT2D eigenvalue weighted by molar-refractivity contribution is 0.474. The first-order valence-corrected chi connectivity index (χ1v) is 8.12. The molecule has 0 spiro atoms. The minimum Gasteiger partial charge on any atom is -0.310 e. The van der Waals surface area contributed by atoms with E-state index in [-0.39, 0.29) is 5.03 Å². The maximum Gasteiger partial charge on any atom is 0.260 e. The summed E-state index contributed by atoms with van der Waals surface area (Å²) in [6.45, 7) is 6.06. The van der Waals surface area contributed by atoms with E-state index in [1.807, 2.05) is 6.07 Å². The number of sulfonamides is 1. The Morgan fingerprint density at radius 1 is 1.32 bits per heavy atom. The van der Waals surface area contributed by atoms with Crippen molar-refractivity contribution >= 4 is 10.0 Å². The summed E-state index contributed by atoms with van der Waals surface area (Å²) in [6.07, 6.45) is 3.52. The third-order valence-electron chi connectivity index (χ3n) is 3.18. The zero-order valence-corrected chi connectivity index (χ0v) is 12.3. The highest BCUT2D eigenvalue weighted by atomic mass is 32.2.